The van der Waals surface area contributed by atoms with Crippen molar-refractivity contribution >= 4 is 15.9 Å². The summed E-state index contributed by atoms with van der Waals surface area (Å²) in [4.78, 5) is 0. The van der Waals surface area contributed by atoms with Crippen LogP contribution in [0.25, 0.3) is 0 Å². The van der Waals surface area contributed by atoms with Gasteiger partial charge in [0.2, 0.25) is 0 Å². The molecule has 1 aromatic rings. The molecule has 0 bridgehead atoms. The summed E-state index contributed by atoms with van der Waals surface area (Å²) >= 11 is 3.64. The number of aryl methyl sites for hydroxylation is 1. The van der Waals surface area contributed by atoms with Crippen LogP contribution in [0, 0.1) is 0 Å². The molecule has 0 atom stereocenters. The zero-order valence-corrected chi connectivity index (χ0v) is 14.9. The summed E-state index contributed by atoms with van der Waals surface area (Å²) in [6.45, 7) is 9.00. The largest absolute Gasteiger partial charge is 0.486 e. The van der Waals surface area contributed by atoms with Gasteiger partial charge in [-0.2, -0.15) is 0 Å². The first-order valence-electron chi connectivity index (χ1n) is 7.79. The van der Waals surface area contributed by atoms with E-state index in [9.17, 15) is 0 Å². The minimum atomic E-state index is 0.221. The first-order chi connectivity index (χ1) is 9.96. The molecule has 1 aliphatic rings. The van der Waals surface area contributed by atoms with Crippen molar-refractivity contribution in [2.75, 3.05) is 19.8 Å². The van der Waals surface area contributed by atoms with Crippen molar-refractivity contribution in [3.63, 3.8) is 0 Å². The van der Waals surface area contributed by atoms with Crippen LogP contribution in [0.4, 0.5) is 0 Å². The van der Waals surface area contributed by atoms with Crippen molar-refractivity contribution in [1.29, 1.82) is 0 Å². The number of fused-ring (bicyclic) bond motifs is 1. The smallest absolute Gasteiger partial charge is 0.162 e. The van der Waals surface area contributed by atoms with Gasteiger partial charge in [0.25, 0.3) is 0 Å². The lowest BCUT2D eigenvalue weighted by atomic mass is 10.1. The Hall–Kier alpha value is -0.740. The molecular formula is C17H26BrNO2. The fourth-order valence-electron chi connectivity index (χ4n) is 2.38. The fourth-order valence-corrected chi connectivity index (χ4v) is 2.90. The Morgan fingerprint density at radius 2 is 1.71 bits per heavy atom. The van der Waals surface area contributed by atoms with Gasteiger partial charge in [0, 0.05) is 10.0 Å². The molecular weight excluding hydrogens is 330 g/mol. The lowest BCUT2D eigenvalue weighted by molar-refractivity contribution is 0.171. The van der Waals surface area contributed by atoms with E-state index < -0.39 is 0 Å². The molecule has 1 N–H and O–H groups in total. The topological polar surface area (TPSA) is 30.5 Å². The van der Waals surface area contributed by atoms with E-state index in [1.807, 2.05) is 6.07 Å². The summed E-state index contributed by atoms with van der Waals surface area (Å²) in [5.41, 5.74) is 1.53. The standard InChI is InChI=1S/C17H26BrNO2/c1-17(2,3)19-8-6-4-5-7-13-11-15-16(12-14(13)18)21-10-9-20-15/h11-12,19H,4-10H2,1-3H3. The van der Waals surface area contributed by atoms with Gasteiger partial charge in [-0.15, -0.1) is 0 Å². The normalized spacial score (nSPS) is 14.3. The first kappa shape index (κ1) is 16.6. The molecule has 0 unspecified atom stereocenters. The third kappa shape index (κ3) is 5.51. The van der Waals surface area contributed by atoms with Gasteiger partial charge in [-0.25, -0.2) is 0 Å². The number of unbranched alkanes of at least 4 members (excludes halogenated alkanes) is 2. The van der Waals surface area contributed by atoms with Crippen molar-refractivity contribution < 1.29 is 9.47 Å². The van der Waals surface area contributed by atoms with Gasteiger partial charge in [0.05, 0.1) is 0 Å². The SMILES string of the molecule is CC(C)(C)NCCCCCc1cc2c(cc1Br)OCCO2. The number of halogens is 1. The van der Waals surface area contributed by atoms with Crippen LogP contribution in [-0.2, 0) is 6.42 Å². The van der Waals surface area contributed by atoms with E-state index in [1.165, 1.54) is 24.8 Å². The highest BCUT2D eigenvalue weighted by Gasteiger charge is 2.14. The summed E-state index contributed by atoms with van der Waals surface area (Å²) in [5, 5.41) is 3.53. The Bertz CT molecular complexity index is 469. The Balaban J connectivity index is 1.76. The number of hydrogen-bond donors (Lipinski definition) is 1. The van der Waals surface area contributed by atoms with Crippen molar-refractivity contribution in [2.45, 2.75) is 52.0 Å². The second-order valence-corrected chi connectivity index (χ2v) is 7.43. The lowest BCUT2D eigenvalue weighted by Crippen LogP contribution is -2.36. The molecule has 4 heteroatoms. The third-order valence-corrected chi connectivity index (χ3v) is 4.23. The summed E-state index contributed by atoms with van der Waals surface area (Å²) in [7, 11) is 0. The van der Waals surface area contributed by atoms with E-state index in [4.69, 9.17) is 9.47 Å². The Morgan fingerprint density at radius 3 is 2.38 bits per heavy atom. The molecule has 0 spiro atoms. The molecule has 3 nitrogen and oxygen atoms in total. The number of nitrogens with one attached hydrogen (secondary N) is 1. The summed E-state index contributed by atoms with van der Waals surface area (Å²) in [6.07, 6.45) is 4.74. The highest BCUT2D eigenvalue weighted by Crippen LogP contribution is 2.36. The minimum absolute atomic E-state index is 0.221. The van der Waals surface area contributed by atoms with Crippen LogP contribution < -0.4 is 14.8 Å². The maximum atomic E-state index is 5.65. The minimum Gasteiger partial charge on any atom is -0.486 e. The number of rotatable bonds is 6. The predicted molar refractivity (Wildman–Crippen MR) is 90.4 cm³/mol. The average molecular weight is 356 g/mol. The molecule has 0 aliphatic carbocycles. The fraction of sp³-hybridized carbons (Fsp3) is 0.647. The van der Waals surface area contributed by atoms with Crippen LogP contribution >= 0.6 is 15.9 Å². The molecule has 0 fully saturated rings. The molecule has 118 valence electrons. The van der Waals surface area contributed by atoms with E-state index >= 15 is 0 Å². The van der Waals surface area contributed by atoms with Crippen LogP contribution in [0.1, 0.15) is 45.6 Å². The first-order valence-corrected chi connectivity index (χ1v) is 8.58. The van der Waals surface area contributed by atoms with Gasteiger partial charge in [-0.3, -0.25) is 0 Å². The van der Waals surface area contributed by atoms with Crippen molar-refractivity contribution in [3.8, 4) is 11.5 Å². The van der Waals surface area contributed by atoms with Crippen LogP contribution in [0.2, 0.25) is 0 Å². The third-order valence-electron chi connectivity index (χ3n) is 3.49. The molecule has 0 amide bonds. The molecule has 1 heterocycles. The van der Waals surface area contributed by atoms with Crippen LogP contribution in [0.3, 0.4) is 0 Å². The Kier molecular flexibility index (Phi) is 5.94. The predicted octanol–water partition coefficient (Wildman–Crippen LogP) is 4.32. The van der Waals surface area contributed by atoms with Gasteiger partial charge in [-0.05, 0) is 64.3 Å². The molecule has 0 saturated carbocycles. The van der Waals surface area contributed by atoms with E-state index in [1.54, 1.807) is 0 Å². The monoisotopic (exact) mass is 355 g/mol. The quantitative estimate of drug-likeness (QED) is 0.770. The van der Waals surface area contributed by atoms with Gasteiger partial charge in [0.1, 0.15) is 13.2 Å². The van der Waals surface area contributed by atoms with E-state index in [0.29, 0.717) is 13.2 Å². The molecule has 21 heavy (non-hydrogen) atoms. The van der Waals surface area contributed by atoms with Crippen molar-refractivity contribution in [1.82, 2.24) is 5.32 Å². The second kappa shape index (κ2) is 7.50. The van der Waals surface area contributed by atoms with Gasteiger partial charge in [-0.1, -0.05) is 22.4 Å². The summed E-state index contributed by atoms with van der Waals surface area (Å²) < 4.78 is 12.4. The maximum Gasteiger partial charge on any atom is 0.162 e. The zero-order valence-electron chi connectivity index (χ0n) is 13.3. The number of hydrogen-bond acceptors (Lipinski definition) is 3. The van der Waals surface area contributed by atoms with Crippen molar-refractivity contribution in [3.05, 3.63) is 22.2 Å². The maximum absolute atomic E-state index is 5.65. The summed E-state index contributed by atoms with van der Waals surface area (Å²) in [6, 6.07) is 4.15. The molecule has 0 aromatic heterocycles. The van der Waals surface area contributed by atoms with Gasteiger partial charge >= 0.3 is 0 Å². The molecule has 0 radical (unpaired) electrons. The molecule has 1 aliphatic heterocycles. The van der Waals surface area contributed by atoms with E-state index in [0.717, 1.165) is 28.9 Å². The number of benzene rings is 1. The van der Waals surface area contributed by atoms with Crippen LogP contribution in [0.15, 0.2) is 16.6 Å². The van der Waals surface area contributed by atoms with Crippen LogP contribution in [-0.4, -0.2) is 25.3 Å². The Morgan fingerprint density at radius 1 is 1.05 bits per heavy atom. The average Bonchev–Trinajstić information content (AvgIpc) is 2.41. The van der Waals surface area contributed by atoms with Gasteiger partial charge in [0.15, 0.2) is 11.5 Å². The van der Waals surface area contributed by atoms with Crippen molar-refractivity contribution in [2.24, 2.45) is 0 Å². The van der Waals surface area contributed by atoms with Crippen LogP contribution in [0.5, 0.6) is 11.5 Å². The molecule has 0 saturated heterocycles. The molecule has 1 aromatic carbocycles. The Labute approximate surface area is 136 Å². The lowest BCUT2D eigenvalue weighted by Gasteiger charge is -2.20. The van der Waals surface area contributed by atoms with E-state index in [2.05, 4.69) is 48.1 Å². The highest BCUT2D eigenvalue weighted by atomic mass is 79.9. The second-order valence-electron chi connectivity index (χ2n) is 6.57. The van der Waals surface area contributed by atoms with E-state index in [-0.39, 0.29) is 5.54 Å². The highest BCUT2D eigenvalue weighted by molar-refractivity contribution is 9.10. The molecule has 2 rings (SSSR count). The number of ether oxygens (including phenoxy) is 2. The zero-order chi connectivity index (χ0) is 15.3. The summed E-state index contributed by atoms with van der Waals surface area (Å²) in [5.74, 6) is 1.74. The van der Waals surface area contributed by atoms with Gasteiger partial charge < -0.3 is 14.8 Å².